The minimum absolute atomic E-state index is 0.119. The number of hydrogen-bond acceptors (Lipinski definition) is 5. The van der Waals surface area contributed by atoms with Crippen LogP contribution in [0.3, 0.4) is 0 Å². The highest BCUT2D eigenvalue weighted by Gasteiger charge is 2.08. The molecule has 2 heterocycles. The second-order valence-electron chi connectivity index (χ2n) is 6.79. The van der Waals surface area contributed by atoms with E-state index >= 15 is 0 Å². The Labute approximate surface area is 171 Å². The van der Waals surface area contributed by atoms with Gasteiger partial charge in [0.25, 0.3) is 5.91 Å². The molecule has 3 rings (SSSR count). The number of nitrogens with zero attached hydrogens (tertiary/aromatic N) is 3. The lowest BCUT2D eigenvalue weighted by atomic mass is 10.1. The molecule has 0 aliphatic heterocycles. The summed E-state index contributed by atoms with van der Waals surface area (Å²) in [4.78, 5) is 22.9. The fourth-order valence-corrected chi connectivity index (χ4v) is 2.96. The van der Waals surface area contributed by atoms with Crippen LogP contribution in [0.15, 0.2) is 67.1 Å². The summed E-state index contributed by atoms with van der Waals surface area (Å²) in [6.45, 7) is 1.39. The smallest absolute Gasteiger partial charge is 0.252 e. The highest BCUT2D eigenvalue weighted by molar-refractivity contribution is 5.94. The molecule has 2 aromatic heterocycles. The molecule has 0 bridgehead atoms. The average molecular weight is 390 g/mol. The van der Waals surface area contributed by atoms with E-state index in [0.717, 1.165) is 36.5 Å². The first-order chi connectivity index (χ1) is 14.2. The molecule has 0 saturated heterocycles. The molecule has 0 spiro atoms. The average Bonchev–Trinajstić information content (AvgIpc) is 2.78. The van der Waals surface area contributed by atoms with Crippen molar-refractivity contribution in [2.45, 2.75) is 12.8 Å². The quantitative estimate of drug-likeness (QED) is 0.608. The molecule has 1 aromatic carbocycles. The summed E-state index contributed by atoms with van der Waals surface area (Å²) in [7, 11) is 3.64. The van der Waals surface area contributed by atoms with Crippen molar-refractivity contribution in [3.63, 3.8) is 0 Å². The first-order valence-electron chi connectivity index (χ1n) is 9.63. The summed E-state index contributed by atoms with van der Waals surface area (Å²) < 4.78 is 5.22. The second kappa shape index (κ2) is 10.2. The number of carbonyl (C=O) groups is 1. The van der Waals surface area contributed by atoms with Crippen LogP contribution in [0.4, 0.5) is 5.82 Å². The highest BCUT2D eigenvalue weighted by atomic mass is 16.5. The molecule has 0 fully saturated rings. The minimum atomic E-state index is -0.119. The van der Waals surface area contributed by atoms with E-state index in [2.05, 4.69) is 20.2 Å². The van der Waals surface area contributed by atoms with Gasteiger partial charge in [-0.15, -0.1) is 0 Å². The maximum absolute atomic E-state index is 12.4. The zero-order chi connectivity index (χ0) is 20.5. The predicted molar refractivity (Wildman–Crippen MR) is 114 cm³/mol. The topological polar surface area (TPSA) is 67.3 Å². The Morgan fingerprint density at radius 1 is 1.07 bits per heavy atom. The van der Waals surface area contributed by atoms with Gasteiger partial charge in [-0.3, -0.25) is 9.78 Å². The summed E-state index contributed by atoms with van der Waals surface area (Å²) in [5.74, 6) is 1.54. The van der Waals surface area contributed by atoms with E-state index in [1.54, 1.807) is 25.7 Å². The molecule has 0 atom stereocenters. The second-order valence-corrected chi connectivity index (χ2v) is 6.79. The van der Waals surface area contributed by atoms with Gasteiger partial charge in [0.05, 0.1) is 12.7 Å². The maximum Gasteiger partial charge on any atom is 0.252 e. The van der Waals surface area contributed by atoms with Crippen LogP contribution in [-0.4, -0.2) is 43.1 Å². The third-order valence-electron chi connectivity index (χ3n) is 4.72. The molecule has 3 aromatic rings. The van der Waals surface area contributed by atoms with Gasteiger partial charge in [0.15, 0.2) is 0 Å². The highest BCUT2D eigenvalue weighted by Crippen LogP contribution is 2.13. The summed E-state index contributed by atoms with van der Waals surface area (Å²) in [5.41, 5.74) is 2.91. The standard InChI is InChI=1S/C23H26N4O2/c1-27(15-11-18-8-12-24-13-9-18)22-7-6-20(17-26-22)23(28)25-14-10-19-4-3-5-21(16-19)29-2/h3-9,12-13,16-17H,10-11,14-15H2,1-2H3,(H,25,28). The van der Waals surface area contributed by atoms with Crippen LogP contribution < -0.4 is 15.0 Å². The number of methoxy groups -OCH3 is 1. The molecular formula is C23H26N4O2. The summed E-state index contributed by atoms with van der Waals surface area (Å²) in [6.07, 6.45) is 6.88. The lowest BCUT2D eigenvalue weighted by Crippen LogP contribution is -2.26. The van der Waals surface area contributed by atoms with Crippen molar-refractivity contribution in [2.24, 2.45) is 0 Å². The number of rotatable bonds is 9. The molecule has 0 unspecified atom stereocenters. The number of anilines is 1. The van der Waals surface area contributed by atoms with E-state index in [1.165, 1.54) is 5.56 Å². The first kappa shape index (κ1) is 20.3. The van der Waals surface area contributed by atoms with E-state index in [0.29, 0.717) is 12.1 Å². The largest absolute Gasteiger partial charge is 0.497 e. The Bertz CT molecular complexity index is 914. The van der Waals surface area contributed by atoms with Gasteiger partial charge in [0, 0.05) is 38.7 Å². The van der Waals surface area contributed by atoms with Gasteiger partial charge in [0.1, 0.15) is 11.6 Å². The summed E-state index contributed by atoms with van der Waals surface area (Å²) in [6, 6.07) is 15.6. The summed E-state index contributed by atoms with van der Waals surface area (Å²) in [5, 5.41) is 2.94. The van der Waals surface area contributed by atoms with Gasteiger partial charge in [-0.05, 0) is 60.4 Å². The Morgan fingerprint density at radius 2 is 1.90 bits per heavy atom. The Morgan fingerprint density at radius 3 is 2.62 bits per heavy atom. The summed E-state index contributed by atoms with van der Waals surface area (Å²) >= 11 is 0. The van der Waals surface area contributed by atoms with Gasteiger partial charge in [0.2, 0.25) is 0 Å². The molecule has 1 amide bonds. The van der Waals surface area contributed by atoms with Crippen LogP contribution in [0.2, 0.25) is 0 Å². The molecule has 6 nitrogen and oxygen atoms in total. The number of amides is 1. The Balaban J connectivity index is 1.47. The number of aromatic nitrogens is 2. The fourth-order valence-electron chi connectivity index (χ4n) is 2.96. The molecule has 150 valence electrons. The van der Waals surface area contributed by atoms with E-state index in [-0.39, 0.29) is 5.91 Å². The molecule has 0 saturated carbocycles. The first-order valence-corrected chi connectivity index (χ1v) is 9.63. The molecule has 0 aliphatic carbocycles. The molecule has 1 N–H and O–H groups in total. The van der Waals surface area contributed by atoms with Crippen LogP contribution in [0.25, 0.3) is 0 Å². The molecule has 0 radical (unpaired) electrons. The zero-order valence-electron chi connectivity index (χ0n) is 16.8. The van der Waals surface area contributed by atoms with Gasteiger partial charge < -0.3 is 15.0 Å². The minimum Gasteiger partial charge on any atom is -0.497 e. The van der Waals surface area contributed by atoms with E-state index in [4.69, 9.17) is 4.74 Å². The van der Waals surface area contributed by atoms with Crippen LogP contribution in [0.5, 0.6) is 5.75 Å². The number of likely N-dealkylation sites (N-methyl/N-ethyl adjacent to an activating group) is 1. The number of carbonyl (C=O) groups excluding carboxylic acids is 1. The number of pyridine rings is 2. The molecule has 6 heteroatoms. The number of hydrogen-bond donors (Lipinski definition) is 1. The van der Waals surface area contributed by atoms with Gasteiger partial charge in [-0.25, -0.2) is 4.98 Å². The van der Waals surface area contributed by atoms with Crippen LogP contribution >= 0.6 is 0 Å². The van der Waals surface area contributed by atoms with Gasteiger partial charge in [-0.2, -0.15) is 0 Å². The zero-order valence-corrected chi connectivity index (χ0v) is 16.8. The third-order valence-corrected chi connectivity index (χ3v) is 4.72. The van der Waals surface area contributed by atoms with Crippen molar-refractivity contribution >= 4 is 11.7 Å². The van der Waals surface area contributed by atoms with E-state index in [1.807, 2.05) is 55.6 Å². The molecule has 29 heavy (non-hydrogen) atoms. The predicted octanol–water partition coefficient (Wildman–Crippen LogP) is 3.14. The van der Waals surface area contributed by atoms with Crippen molar-refractivity contribution < 1.29 is 9.53 Å². The third kappa shape index (κ3) is 6.04. The van der Waals surface area contributed by atoms with Crippen molar-refractivity contribution in [1.29, 1.82) is 0 Å². The van der Waals surface area contributed by atoms with Gasteiger partial charge >= 0.3 is 0 Å². The van der Waals surface area contributed by atoms with Crippen molar-refractivity contribution in [3.8, 4) is 5.75 Å². The lowest BCUT2D eigenvalue weighted by Gasteiger charge is -2.18. The fraction of sp³-hybridized carbons (Fsp3) is 0.261. The normalized spacial score (nSPS) is 10.4. The van der Waals surface area contributed by atoms with E-state index in [9.17, 15) is 4.79 Å². The van der Waals surface area contributed by atoms with Crippen LogP contribution in [0.1, 0.15) is 21.5 Å². The Kier molecular flexibility index (Phi) is 7.16. The maximum atomic E-state index is 12.4. The van der Waals surface area contributed by atoms with Crippen molar-refractivity contribution in [2.75, 3.05) is 32.1 Å². The lowest BCUT2D eigenvalue weighted by molar-refractivity contribution is 0.0954. The van der Waals surface area contributed by atoms with Gasteiger partial charge in [-0.1, -0.05) is 12.1 Å². The number of ether oxygens (including phenoxy) is 1. The van der Waals surface area contributed by atoms with Crippen molar-refractivity contribution in [3.05, 3.63) is 83.8 Å². The van der Waals surface area contributed by atoms with Crippen LogP contribution in [0, 0.1) is 0 Å². The van der Waals surface area contributed by atoms with Crippen molar-refractivity contribution in [1.82, 2.24) is 15.3 Å². The number of nitrogens with one attached hydrogen (secondary N) is 1. The Hall–Kier alpha value is -3.41. The monoisotopic (exact) mass is 390 g/mol. The molecule has 0 aliphatic rings. The number of benzene rings is 1. The van der Waals surface area contributed by atoms with Crippen LogP contribution in [-0.2, 0) is 12.8 Å². The molecular weight excluding hydrogens is 364 g/mol. The SMILES string of the molecule is COc1cccc(CCNC(=O)c2ccc(N(C)CCc3ccncc3)nc2)c1. The van der Waals surface area contributed by atoms with E-state index < -0.39 is 0 Å².